The van der Waals surface area contributed by atoms with E-state index in [1.807, 2.05) is 0 Å². The molecule has 1 saturated heterocycles. The average Bonchev–Trinajstić information content (AvgIpc) is 3.40. The SMILES string of the molecule is CO[C@@H]1CN(c2c(F)cc3c(=O)c(OC(=O)O)cn(C4CC4)c3c2F)C[C@@H]1N. The second-order valence-corrected chi connectivity index (χ2v) is 7.09. The lowest BCUT2D eigenvalue weighted by molar-refractivity contribution is 0.108. The van der Waals surface area contributed by atoms with Crippen LogP contribution in [0.3, 0.4) is 0 Å². The third kappa shape index (κ3) is 2.98. The van der Waals surface area contributed by atoms with Gasteiger partial charge in [0.15, 0.2) is 11.6 Å². The summed E-state index contributed by atoms with van der Waals surface area (Å²) >= 11 is 0. The van der Waals surface area contributed by atoms with Crippen molar-refractivity contribution >= 4 is 22.7 Å². The summed E-state index contributed by atoms with van der Waals surface area (Å²) in [6.45, 7) is 0.413. The highest BCUT2D eigenvalue weighted by molar-refractivity contribution is 5.86. The van der Waals surface area contributed by atoms with Crippen molar-refractivity contribution in [3.8, 4) is 5.75 Å². The van der Waals surface area contributed by atoms with Crippen LogP contribution in [0.4, 0.5) is 19.3 Å². The van der Waals surface area contributed by atoms with Crippen LogP contribution in [-0.2, 0) is 4.74 Å². The van der Waals surface area contributed by atoms with Crippen molar-refractivity contribution in [1.82, 2.24) is 4.57 Å². The van der Waals surface area contributed by atoms with E-state index in [4.69, 9.17) is 15.6 Å². The summed E-state index contributed by atoms with van der Waals surface area (Å²) in [5.41, 5.74) is 4.74. The van der Waals surface area contributed by atoms with Crippen LogP contribution in [0.1, 0.15) is 18.9 Å². The Morgan fingerprint density at radius 1 is 1.32 bits per heavy atom. The first kappa shape index (κ1) is 18.6. The fourth-order valence-corrected chi connectivity index (χ4v) is 3.73. The predicted octanol–water partition coefficient (Wildman–Crippen LogP) is 1.83. The number of anilines is 1. The maximum atomic E-state index is 15.5. The number of fused-ring (bicyclic) bond motifs is 1. The summed E-state index contributed by atoms with van der Waals surface area (Å²) < 4.78 is 41.5. The maximum Gasteiger partial charge on any atom is 0.511 e. The highest BCUT2D eigenvalue weighted by Gasteiger charge is 2.35. The molecule has 1 saturated carbocycles. The number of hydrogen-bond acceptors (Lipinski definition) is 6. The van der Waals surface area contributed by atoms with Crippen molar-refractivity contribution < 1.29 is 28.2 Å². The minimum absolute atomic E-state index is 0.0731. The van der Waals surface area contributed by atoms with Gasteiger partial charge in [0.1, 0.15) is 11.5 Å². The molecular formula is C18H19F2N3O5. The number of methoxy groups -OCH3 is 1. The Balaban J connectivity index is 1.92. The maximum absolute atomic E-state index is 15.5. The van der Waals surface area contributed by atoms with Crippen molar-refractivity contribution in [1.29, 1.82) is 0 Å². The molecule has 1 aromatic carbocycles. The van der Waals surface area contributed by atoms with Gasteiger partial charge in [-0.2, -0.15) is 0 Å². The summed E-state index contributed by atoms with van der Waals surface area (Å²) in [7, 11) is 1.48. The second-order valence-electron chi connectivity index (χ2n) is 7.09. The number of carboxylic acid groups (broad SMARTS) is 1. The lowest BCUT2D eigenvalue weighted by Gasteiger charge is -2.22. The zero-order valence-electron chi connectivity index (χ0n) is 15.0. The Morgan fingerprint density at radius 2 is 2.04 bits per heavy atom. The Labute approximate surface area is 158 Å². The number of hydrogen-bond donors (Lipinski definition) is 2. The first-order valence-electron chi connectivity index (χ1n) is 8.82. The van der Waals surface area contributed by atoms with Gasteiger partial charge in [0.2, 0.25) is 5.43 Å². The van der Waals surface area contributed by atoms with E-state index < -0.39 is 35.0 Å². The second kappa shape index (κ2) is 6.71. The summed E-state index contributed by atoms with van der Waals surface area (Å²) in [6.07, 6.45) is 0.600. The quantitative estimate of drug-likeness (QED) is 0.761. The molecule has 3 N–H and O–H groups in total. The van der Waals surface area contributed by atoms with Gasteiger partial charge in [0.05, 0.1) is 29.2 Å². The van der Waals surface area contributed by atoms with E-state index in [1.54, 1.807) is 0 Å². The van der Waals surface area contributed by atoms with E-state index in [-0.39, 0.29) is 41.8 Å². The average molecular weight is 395 g/mol. The predicted molar refractivity (Wildman–Crippen MR) is 96.0 cm³/mol. The van der Waals surface area contributed by atoms with Gasteiger partial charge in [-0.15, -0.1) is 0 Å². The van der Waals surface area contributed by atoms with E-state index in [2.05, 4.69) is 4.74 Å². The first-order chi connectivity index (χ1) is 13.3. The molecule has 8 nitrogen and oxygen atoms in total. The molecule has 10 heteroatoms. The van der Waals surface area contributed by atoms with Crippen LogP contribution in [0, 0.1) is 11.6 Å². The molecule has 2 aromatic rings. The highest BCUT2D eigenvalue weighted by Crippen LogP contribution is 2.40. The molecule has 0 radical (unpaired) electrons. The van der Waals surface area contributed by atoms with Gasteiger partial charge in [-0.3, -0.25) is 4.79 Å². The minimum atomic E-state index is -1.67. The molecule has 1 aromatic heterocycles. The largest absolute Gasteiger partial charge is 0.511 e. The lowest BCUT2D eigenvalue weighted by Crippen LogP contribution is -2.34. The normalized spacial score (nSPS) is 22.1. The Morgan fingerprint density at radius 3 is 2.61 bits per heavy atom. The Hall–Kier alpha value is -2.72. The van der Waals surface area contributed by atoms with E-state index >= 15 is 4.39 Å². The number of benzene rings is 1. The topological polar surface area (TPSA) is 107 Å². The first-order valence-corrected chi connectivity index (χ1v) is 8.82. The minimum Gasteiger partial charge on any atom is -0.449 e. The fourth-order valence-electron chi connectivity index (χ4n) is 3.73. The summed E-state index contributed by atoms with van der Waals surface area (Å²) in [6, 6.07) is 0.408. The van der Waals surface area contributed by atoms with Crippen molar-refractivity contribution in [2.45, 2.75) is 31.0 Å². The van der Waals surface area contributed by atoms with Crippen LogP contribution in [0.25, 0.3) is 10.9 Å². The zero-order chi connectivity index (χ0) is 20.2. The molecule has 2 atom stereocenters. The molecule has 4 rings (SSSR count). The van der Waals surface area contributed by atoms with Crippen LogP contribution in [0.2, 0.25) is 0 Å². The molecule has 0 amide bonds. The van der Waals surface area contributed by atoms with E-state index in [1.165, 1.54) is 22.8 Å². The van der Waals surface area contributed by atoms with Gasteiger partial charge < -0.3 is 29.8 Å². The van der Waals surface area contributed by atoms with Crippen molar-refractivity contribution in [3.63, 3.8) is 0 Å². The fraction of sp³-hybridized carbons (Fsp3) is 0.444. The molecule has 0 unspecified atom stereocenters. The summed E-state index contributed by atoms with van der Waals surface area (Å²) in [5, 5.41) is 8.56. The monoisotopic (exact) mass is 395 g/mol. The molecule has 1 aliphatic heterocycles. The van der Waals surface area contributed by atoms with Gasteiger partial charge >= 0.3 is 6.16 Å². The molecule has 0 spiro atoms. The highest BCUT2D eigenvalue weighted by atomic mass is 19.1. The van der Waals surface area contributed by atoms with E-state index in [0.29, 0.717) is 0 Å². The molecule has 2 aliphatic rings. The molecular weight excluding hydrogens is 376 g/mol. The number of nitrogens with two attached hydrogens (primary N) is 1. The number of aromatic nitrogens is 1. The zero-order valence-corrected chi connectivity index (χ0v) is 15.0. The van der Waals surface area contributed by atoms with Crippen molar-refractivity contribution in [2.75, 3.05) is 25.1 Å². The van der Waals surface area contributed by atoms with E-state index in [0.717, 1.165) is 18.9 Å². The molecule has 28 heavy (non-hydrogen) atoms. The Kier molecular flexibility index (Phi) is 4.47. The Bertz CT molecular complexity index is 1020. The number of pyridine rings is 1. The van der Waals surface area contributed by atoms with Gasteiger partial charge in [-0.1, -0.05) is 0 Å². The molecule has 0 bridgehead atoms. The van der Waals surface area contributed by atoms with Gasteiger partial charge in [0.25, 0.3) is 0 Å². The summed E-state index contributed by atoms with van der Waals surface area (Å²) in [5.74, 6) is -2.30. The molecule has 2 fully saturated rings. The number of halogens is 2. The van der Waals surface area contributed by atoms with Crippen LogP contribution < -0.4 is 20.8 Å². The number of ether oxygens (including phenoxy) is 2. The lowest BCUT2D eigenvalue weighted by atomic mass is 10.1. The van der Waals surface area contributed by atoms with Crippen molar-refractivity contribution in [2.24, 2.45) is 5.73 Å². The van der Waals surface area contributed by atoms with Gasteiger partial charge in [-0.05, 0) is 18.9 Å². The number of nitrogens with zero attached hydrogens (tertiary/aromatic N) is 2. The van der Waals surface area contributed by atoms with Crippen LogP contribution >= 0.6 is 0 Å². The van der Waals surface area contributed by atoms with Gasteiger partial charge in [-0.25, -0.2) is 13.6 Å². The van der Waals surface area contributed by atoms with Crippen molar-refractivity contribution in [3.05, 3.63) is 34.1 Å². The van der Waals surface area contributed by atoms with Crippen LogP contribution in [0.15, 0.2) is 17.1 Å². The van der Waals surface area contributed by atoms with Crippen LogP contribution in [-0.4, -0.2) is 48.2 Å². The van der Waals surface area contributed by atoms with E-state index in [9.17, 15) is 14.0 Å². The van der Waals surface area contributed by atoms with Crippen LogP contribution in [0.5, 0.6) is 5.75 Å². The third-order valence-corrected chi connectivity index (χ3v) is 5.22. The number of carbonyl (C=O) groups is 1. The third-order valence-electron chi connectivity index (χ3n) is 5.22. The molecule has 2 heterocycles. The van der Waals surface area contributed by atoms with Gasteiger partial charge in [0, 0.05) is 26.2 Å². The number of rotatable bonds is 4. The molecule has 150 valence electrons. The smallest absolute Gasteiger partial charge is 0.449 e. The standard InChI is InChI=1S/C18H19F2N3O5/c1-27-12-6-22(5-11(12)21)16-10(19)4-9-15(14(16)20)23(8-2-3-8)7-13(17(9)24)28-18(25)26/h4,7-8,11-12H,2-3,5-6,21H2,1H3,(H,25,26)/t11-,12+/m0/s1. The molecule has 1 aliphatic carbocycles. The summed E-state index contributed by atoms with van der Waals surface area (Å²) in [4.78, 5) is 24.9.